The first-order chi connectivity index (χ1) is 11.0. The van der Waals surface area contributed by atoms with E-state index in [1.807, 2.05) is 30.3 Å². The Balaban J connectivity index is 2.30. The molecule has 2 aromatic rings. The van der Waals surface area contributed by atoms with Crippen LogP contribution in [0.3, 0.4) is 0 Å². The maximum atomic E-state index is 12.8. The first-order valence-corrected chi connectivity index (χ1v) is 8.73. The molecular formula is C17H19NO4S. The molecular weight excluding hydrogens is 314 g/mol. The zero-order chi connectivity index (χ0) is 16.7. The van der Waals surface area contributed by atoms with Gasteiger partial charge in [0.2, 0.25) is 10.0 Å². The van der Waals surface area contributed by atoms with E-state index in [0.717, 1.165) is 9.87 Å². The second-order valence-electron chi connectivity index (χ2n) is 4.88. The van der Waals surface area contributed by atoms with Crippen molar-refractivity contribution in [3.8, 4) is 0 Å². The van der Waals surface area contributed by atoms with E-state index in [-0.39, 0.29) is 24.6 Å². The van der Waals surface area contributed by atoms with Gasteiger partial charge in [-0.25, -0.2) is 8.42 Å². The highest BCUT2D eigenvalue weighted by molar-refractivity contribution is 7.89. The van der Waals surface area contributed by atoms with Crippen LogP contribution in [0.15, 0.2) is 65.6 Å². The average molecular weight is 333 g/mol. The van der Waals surface area contributed by atoms with Gasteiger partial charge in [0.05, 0.1) is 11.5 Å². The van der Waals surface area contributed by atoms with E-state index in [4.69, 9.17) is 4.74 Å². The minimum Gasteiger partial charge on any atom is -0.465 e. The van der Waals surface area contributed by atoms with Gasteiger partial charge in [-0.15, -0.1) is 0 Å². The highest BCUT2D eigenvalue weighted by Gasteiger charge is 2.27. The highest BCUT2D eigenvalue weighted by atomic mass is 32.2. The summed E-state index contributed by atoms with van der Waals surface area (Å²) >= 11 is 0. The molecule has 0 aromatic heterocycles. The normalized spacial score (nSPS) is 11.4. The molecule has 0 fully saturated rings. The molecule has 0 atom stereocenters. The molecule has 0 spiro atoms. The number of esters is 1. The smallest absolute Gasteiger partial charge is 0.321 e. The van der Waals surface area contributed by atoms with Gasteiger partial charge in [-0.05, 0) is 24.6 Å². The van der Waals surface area contributed by atoms with Crippen molar-refractivity contribution in [3.05, 3.63) is 66.2 Å². The molecule has 0 bridgehead atoms. The maximum absolute atomic E-state index is 12.8. The molecule has 23 heavy (non-hydrogen) atoms. The molecule has 6 heteroatoms. The Bertz CT molecular complexity index is 730. The van der Waals surface area contributed by atoms with Gasteiger partial charge in [0.1, 0.15) is 6.54 Å². The lowest BCUT2D eigenvalue weighted by Crippen LogP contribution is -2.36. The van der Waals surface area contributed by atoms with Crippen LogP contribution in [-0.4, -0.2) is 31.8 Å². The largest absolute Gasteiger partial charge is 0.465 e. The quantitative estimate of drug-likeness (QED) is 0.730. The van der Waals surface area contributed by atoms with Crippen LogP contribution >= 0.6 is 0 Å². The predicted octanol–water partition coefficient (Wildman–Crippen LogP) is 2.44. The average Bonchev–Trinajstić information content (AvgIpc) is 2.56. The van der Waals surface area contributed by atoms with Gasteiger partial charge in [-0.2, -0.15) is 4.31 Å². The topological polar surface area (TPSA) is 63.7 Å². The second-order valence-corrected chi connectivity index (χ2v) is 6.81. The molecule has 0 heterocycles. The second kappa shape index (κ2) is 7.89. The highest BCUT2D eigenvalue weighted by Crippen LogP contribution is 2.18. The van der Waals surface area contributed by atoms with Crippen LogP contribution in [0.25, 0.3) is 0 Å². The number of carbonyl (C=O) groups is 1. The number of carbonyl (C=O) groups excluding carboxylic acids is 1. The summed E-state index contributed by atoms with van der Waals surface area (Å²) in [7, 11) is -3.78. The van der Waals surface area contributed by atoms with Crippen molar-refractivity contribution < 1.29 is 17.9 Å². The van der Waals surface area contributed by atoms with Crippen molar-refractivity contribution in [1.29, 1.82) is 0 Å². The number of nitrogens with zero attached hydrogens (tertiary/aromatic N) is 1. The molecule has 0 aliphatic carbocycles. The van der Waals surface area contributed by atoms with Gasteiger partial charge >= 0.3 is 5.97 Å². The fourth-order valence-electron chi connectivity index (χ4n) is 2.11. The summed E-state index contributed by atoms with van der Waals surface area (Å²) in [4.78, 5) is 11.9. The molecule has 0 aliphatic heterocycles. The summed E-state index contributed by atoms with van der Waals surface area (Å²) in [5.41, 5.74) is 0.802. The Hall–Kier alpha value is -2.18. The standard InChI is InChI=1S/C17H19NO4S/c1-2-22-17(19)14-18(13-15-9-5-3-6-10-15)23(20,21)16-11-7-4-8-12-16/h3-12H,2,13-14H2,1H3. The number of rotatable bonds is 7. The number of sulfonamides is 1. The van der Waals surface area contributed by atoms with Crippen LogP contribution in [-0.2, 0) is 26.1 Å². The SMILES string of the molecule is CCOC(=O)CN(Cc1ccccc1)S(=O)(=O)c1ccccc1. The lowest BCUT2D eigenvalue weighted by atomic mass is 10.2. The summed E-state index contributed by atoms with van der Waals surface area (Å²) < 4.78 is 31.6. The van der Waals surface area contributed by atoms with Crippen LogP contribution in [0.1, 0.15) is 12.5 Å². The summed E-state index contributed by atoms with van der Waals surface area (Å²) in [5, 5.41) is 0. The summed E-state index contributed by atoms with van der Waals surface area (Å²) in [6.45, 7) is 1.69. The molecule has 0 radical (unpaired) electrons. The van der Waals surface area contributed by atoms with E-state index >= 15 is 0 Å². The van der Waals surface area contributed by atoms with E-state index in [9.17, 15) is 13.2 Å². The monoisotopic (exact) mass is 333 g/mol. The Labute approximate surface area is 136 Å². The number of benzene rings is 2. The third-order valence-electron chi connectivity index (χ3n) is 3.19. The molecule has 2 rings (SSSR count). The number of hydrogen-bond acceptors (Lipinski definition) is 4. The predicted molar refractivity (Wildman–Crippen MR) is 87.1 cm³/mol. The zero-order valence-corrected chi connectivity index (χ0v) is 13.7. The van der Waals surface area contributed by atoms with E-state index < -0.39 is 16.0 Å². The minimum absolute atomic E-state index is 0.108. The first-order valence-electron chi connectivity index (χ1n) is 7.28. The summed E-state index contributed by atoms with van der Waals surface area (Å²) in [5.74, 6) is -0.567. The molecule has 0 saturated carbocycles. The Morgan fingerprint density at radius 3 is 2.13 bits per heavy atom. The van der Waals surface area contributed by atoms with Crippen LogP contribution in [0, 0.1) is 0 Å². The van der Waals surface area contributed by atoms with E-state index in [1.165, 1.54) is 12.1 Å². The lowest BCUT2D eigenvalue weighted by Gasteiger charge is -2.21. The summed E-state index contributed by atoms with van der Waals surface area (Å²) in [6.07, 6.45) is 0. The third-order valence-corrected chi connectivity index (χ3v) is 5.00. The molecule has 2 aromatic carbocycles. The van der Waals surface area contributed by atoms with Gasteiger partial charge in [0.15, 0.2) is 0 Å². The van der Waals surface area contributed by atoms with E-state index in [1.54, 1.807) is 25.1 Å². The van der Waals surface area contributed by atoms with Crippen LogP contribution in [0.5, 0.6) is 0 Å². The van der Waals surface area contributed by atoms with Gasteiger partial charge in [0.25, 0.3) is 0 Å². The van der Waals surface area contributed by atoms with Crippen LogP contribution in [0.4, 0.5) is 0 Å². The molecule has 122 valence electrons. The van der Waals surface area contributed by atoms with E-state index in [2.05, 4.69) is 0 Å². The molecule has 0 aliphatic rings. The Morgan fingerprint density at radius 2 is 1.57 bits per heavy atom. The van der Waals surface area contributed by atoms with Gasteiger partial charge in [0, 0.05) is 6.54 Å². The molecule has 0 amide bonds. The van der Waals surface area contributed by atoms with E-state index in [0.29, 0.717) is 0 Å². The lowest BCUT2D eigenvalue weighted by molar-refractivity contribution is -0.143. The summed E-state index contributed by atoms with van der Waals surface area (Å²) in [6, 6.07) is 17.2. The molecule has 0 unspecified atom stereocenters. The fraction of sp³-hybridized carbons (Fsp3) is 0.235. The fourth-order valence-corrected chi connectivity index (χ4v) is 3.50. The Kier molecular flexibility index (Phi) is 5.90. The molecule has 0 saturated heterocycles. The van der Waals surface area contributed by atoms with Crippen molar-refractivity contribution in [2.45, 2.75) is 18.4 Å². The zero-order valence-electron chi connectivity index (χ0n) is 12.9. The molecule has 5 nitrogen and oxygen atoms in total. The van der Waals surface area contributed by atoms with Crippen molar-refractivity contribution in [2.75, 3.05) is 13.2 Å². The van der Waals surface area contributed by atoms with Crippen LogP contribution < -0.4 is 0 Å². The number of ether oxygens (including phenoxy) is 1. The van der Waals surface area contributed by atoms with Crippen molar-refractivity contribution >= 4 is 16.0 Å². The van der Waals surface area contributed by atoms with Gasteiger partial charge in [-0.1, -0.05) is 48.5 Å². The maximum Gasteiger partial charge on any atom is 0.321 e. The Morgan fingerprint density at radius 1 is 1.00 bits per heavy atom. The van der Waals surface area contributed by atoms with Crippen molar-refractivity contribution in [1.82, 2.24) is 4.31 Å². The van der Waals surface area contributed by atoms with Crippen molar-refractivity contribution in [3.63, 3.8) is 0 Å². The van der Waals surface area contributed by atoms with Crippen LogP contribution in [0.2, 0.25) is 0 Å². The third kappa shape index (κ3) is 4.64. The van der Waals surface area contributed by atoms with Gasteiger partial charge < -0.3 is 4.74 Å². The number of hydrogen-bond donors (Lipinski definition) is 0. The first kappa shape index (κ1) is 17.2. The minimum atomic E-state index is -3.78. The van der Waals surface area contributed by atoms with Gasteiger partial charge in [-0.3, -0.25) is 4.79 Å². The molecule has 0 N–H and O–H groups in total. The van der Waals surface area contributed by atoms with Crippen molar-refractivity contribution in [2.24, 2.45) is 0 Å².